The average Bonchev–Trinajstić information content (AvgIpc) is 2.83. The lowest BCUT2D eigenvalue weighted by molar-refractivity contribution is -0.117. The third kappa shape index (κ3) is 3.23. The summed E-state index contributed by atoms with van der Waals surface area (Å²) < 4.78 is 0. The van der Waals surface area contributed by atoms with E-state index in [-0.39, 0.29) is 5.91 Å². The van der Waals surface area contributed by atoms with E-state index in [0.29, 0.717) is 11.0 Å². The Morgan fingerprint density at radius 1 is 1.25 bits per heavy atom. The zero-order valence-corrected chi connectivity index (χ0v) is 12.7. The molecule has 2 aromatic rings. The molecule has 106 valence electrons. The molecule has 1 heterocycles. The van der Waals surface area contributed by atoms with Gasteiger partial charge in [-0.3, -0.25) is 4.79 Å². The maximum atomic E-state index is 11.7. The van der Waals surface area contributed by atoms with E-state index in [0.717, 1.165) is 16.1 Å². The standard InChI is InChI=1S/C15H19N3OS/c1-9(2)13-12(11-7-5-4-6-8-11)17-15(20-13)18-14(19)10(3)16/h4-10H,16H2,1-3H3,(H,17,18,19)/t10-/m0/s1. The van der Waals surface area contributed by atoms with Crippen molar-refractivity contribution in [2.75, 3.05) is 5.32 Å². The minimum absolute atomic E-state index is 0.214. The van der Waals surface area contributed by atoms with Crippen molar-refractivity contribution in [1.82, 2.24) is 4.98 Å². The number of nitrogens with one attached hydrogen (secondary N) is 1. The minimum atomic E-state index is -0.540. The number of carbonyl (C=O) groups is 1. The molecule has 4 nitrogen and oxygen atoms in total. The van der Waals surface area contributed by atoms with Gasteiger partial charge >= 0.3 is 0 Å². The molecular formula is C15H19N3OS. The summed E-state index contributed by atoms with van der Waals surface area (Å²) in [6.07, 6.45) is 0. The van der Waals surface area contributed by atoms with Crippen LogP contribution in [0.5, 0.6) is 0 Å². The zero-order valence-electron chi connectivity index (χ0n) is 11.9. The van der Waals surface area contributed by atoms with Crippen LogP contribution in [0.25, 0.3) is 11.3 Å². The fourth-order valence-corrected chi connectivity index (χ4v) is 2.79. The van der Waals surface area contributed by atoms with Gasteiger partial charge in [-0.1, -0.05) is 44.2 Å². The molecule has 0 aliphatic rings. The van der Waals surface area contributed by atoms with Crippen LogP contribution in [-0.2, 0) is 4.79 Å². The van der Waals surface area contributed by atoms with Crippen molar-refractivity contribution in [1.29, 1.82) is 0 Å². The first-order valence-corrected chi connectivity index (χ1v) is 7.43. The monoisotopic (exact) mass is 289 g/mol. The number of nitrogens with two attached hydrogens (primary N) is 1. The lowest BCUT2D eigenvalue weighted by Gasteiger charge is -2.04. The highest BCUT2D eigenvalue weighted by Gasteiger charge is 2.17. The topological polar surface area (TPSA) is 68.0 Å². The Morgan fingerprint density at radius 3 is 2.45 bits per heavy atom. The molecule has 0 saturated carbocycles. The summed E-state index contributed by atoms with van der Waals surface area (Å²) in [6, 6.07) is 9.46. The summed E-state index contributed by atoms with van der Waals surface area (Å²) in [4.78, 5) is 17.4. The first-order valence-electron chi connectivity index (χ1n) is 6.61. The molecule has 0 aliphatic carbocycles. The number of rotatable bonds is 4. The van der Waals surface area contributed by atoms with Crippen LogP contribution in [0.4, 0.5) is 5.13 Å². The van der Waals surface area contributed by atoms with Gasteiger partial charge < -0.3 is 11.1 Å². The van der Waals surface area contributed by atoms with Crippen molar-refractivity contribution in [2.24, 2.45) is 5.73 Å². The van der Waals surface area contributed by atoms with Gasteiger partial charge in [0.2, 0.25) is 5.91 Å². The molecule has 0 aliphatic heterocycles. The third-order valence-corrected chi connectivity index (χ3v) is 4.14. The van der Waals surface area contributed by atoms with Crippen LogP contribution in [0.15, 0.2) is 30.3 Å². The van der Waals surface area contributed by atoms with Crippen molar-refractivity contribution in [3.63, 3.8) is 0 Å². The molecule has 0 radical (unpaired) electrons. The molecule has 2 rings (SSSR count). The molecule has 0 unspecified atom stereocenters. The van der Waals surface area contributed by atoms with Crippen LogP contribution in [0.2, 0.25) is 0 Å². The Balaban J connectivity index is 2.37. The fourth-order valence-electron chi connectivity index (χ4n) is 1.80. The van der Waals surface area contributed by atoms with E-state index < -0.39 is 6.04 Å². The first-order chi connectivity index (χ1) is 9.49. The molecule has 1 aromatic heterocycles. The van der Waals surface area contributed by atoms with Crippen LogP contribution in [0.3, 0.4) is 0 Å². The van der Waals surface area contributed by atoms with Crippen molar-refractivity contribution >= 4 is 22.4 Å². The van der Waals surface area contributed by atoms with Crippen molar-refractivity contribution in [3.8, 4) is 11.3 Å². The number of nitrogens with zero attached hydrogens (tertiary/aromatic N) is 1. The molecule has 0 fully saturated rings. The smallest absolute Gasteiger partial charge is 0.242 e. The van der Waals surface area contributed by atoms with E-state index in [9.17, 15) is 4.79 Å². The Hall–Kier alpha value is -1.72. The van der Waals surface area contributed by atoms with E-state index in [4.69, 9.17) is 5.73 Å². The Kier molecular flexibility index (Phi) is 4.52. The number of anilines is 1. The van der Waals surface area contributed by atoms with E-state index in [2.05, 4.69) is 24.1 Å². The molecule has 0 saturated heterocycles. The highest BCUT2D eigenvalue weighted by atomic mass is 32.1. The normalized spacial score (nSPS) is 12.4. The summed E-state index contributed by atoms with van der Waals surface area (Å²) in [6.45, 7) is 5.90. The average molecular weight is 289 g/mol. The molecule has 0 spiro atoms. The van der Waals surface area contributed by atoms with Crippen molar-refractivity contribution in [2.45, 2.75) is 32.7 Å². The summed E-state index contributed by atoms with van der Waals surface area (Å²) in [5.74, 6) is 0.136. The SMILES string of the molecule is CC(C)c1sc(NC(=O)[C@H](C)N)nc1-c1ccccc1. The Morgan fingerprint density at radius 2 is 1.90 bits per heavy atom. The number of carbonyl (C=O) groups excluding carboxylic acids is 1. The van der Waals surface area contributed by atoms with Gasteiger partial charge in [0.15, 0.2) is 5.13 Å². The first kappa shape index (κ1) is 14.7. The lowest BCUT2D eigenvalue weighted by Crippen LogP contribution is -2.32. The predicted octanol–water partition coefficient (Wildman–Crippen LogP) is 3.22. The molecule has 1 aromatic carbocycles. The van der Waals surface area contributed by atoms with E-state index in [1.54, 1.807) is 6.92 Å². The molecule has 20 heavy (non-hydrogen) atoms. The number of aromatic nitrogens is 1. The van der Waals surface area contributed by atoms with E-state index >= 15 is 0 Å². The molecule has 1 amide bonds. The van der Waals surface area contributed by atoms with E-state index in [1.165, 1.54) is 11.3 Å². The van der Waals surface area contributed by atoms with Crippen LogP contribution >= 0.6 is 11.3 Å². The molecule has 3 N–H and O–H groups in total. The minimum Gasteiger partial charge on any atom is -0.320 e. The van der Waals surface area contributed by atoms with Gasteiger partial charge in [-0.15, -0.1) is 11.3 Å². The van der Waals surface area contributed by atoms with Crippen LogP contribution < -0.4 is 11.1 Å². The molecular weight excluding hydrogens is 270 g/mol. The van der Waals surface area contributed by atoms with Gasteiger partial charge in [0.1, 0.15) is 0 Å². The summed E-state index contributed by atoms with van der Waals surface area (Å²) >= 11 is 1.51. The highest BCUT2D eigenvalue weighted by molar-refractivity contribution is 7.16. The number of benzene rings is 1. The van der Waals surface area contributed by atoms with Crippen LogP contribution in [-0.4, -0.2) is 16.9 Å². The quantitative estimate of drug-likeness (QED) is 0.908. The lowest BCUT2D eigenvalue weighted by atomic mass is 10.1. The maximum absolute atomic E-state index is 11.7. The van der Waals surface area contributed by atoms with Gasteiger partial charge in [0.05, 0.1) is 11.7 Å². The zero-order chi connectivity index (χ0) is 14.7. The van der Waals surface area contributed by atoms with Crippen molar-refractivity contribution in [3.05, 3.63) is 35.2 Å². The van der Waals surface area contributed by atoms with Gasteiger partial charge in [0.25, 0.3) is 0 Å². The van der Waals surface area contributed by atoms with E-state index in [1.807, 2.05) is 30.3 Å². The third-order valence-electron chi connectivity index (χ3n) is 2.87. The highest BCUT2D eigenvalue weighted by Crippen LogP contribution is 2.36. The second-order valence-electron chi connectivity index (χ2n) is 5.03. The summed E-state index contributed by atoms with van der Waals surface area (Å²) in [7, 11) is 0. The predicted molar refractivity (Wildman–Crippen MR) is 83.9 cm³/mol. The van der Waals surface area contributed by atoms with Gasteiger partial charge in [0, 0.05) is 10.4 Å². The molecule has 1 atom stereocenters. The van der Waals surface area contributed by atoms with Crippen LogP contribution in [0, 0.1) is 0 Å². The number of hydrogen-bond acceptors (Lipinski definition) is 4. The second-order valence-corrected chi connectivity index (χ2v) is 6.06. The van der Waals surface area contributed by atoms with Gasteiger partial charge in [-0.2, -0.15) is 0 Å². The number of hydrogen-bond donors (Lipinski definition) is 2. The maximum Gasteiger partial charge on any atom is 0.242 e. The van der Waals surface area contributed by atoms with Crippen molar-refractivity contribution < 1.29 is 4.79 Å². The molecule has 5 heteroatoms. The van der Waals surface area contributed by atoms with Gasteiger partial charge in [-0.05, 0) is 12.8 Å². The number of amides is 1. The van der Waals surface area contributed by atoms with Crippen LogP contribution in [0.1, 0.15) is 31.6 Å². The Labute approximate surface area is 123 Å². The Bertz CT molecular complexity index is 590. The summed E-state index contributed by atoms with van der Waals surface area (Å²) in [5, 5.41) is 3.38. The molecule has 0 bridgehead atoms. The fraction of sp³-hybridized carbons (Fsp3) is 0.333. The van der Waals surface area contributed by atoms with Gasteiger partial charge in [-0.25, -0.2) is 4.98 Å². The number of thiazole rings is 1. The second kappa shape index (κ2) is 6.15. The largest absolute Gasteiger partial charge is 0.320 e. The summed E-state index contributed by atoms with van der Waals surface area (Å²) in [5.41, 5.74) is 7.56.